The highest BCUT2D eigenvalue weighted by molar-refractivity contribution is 5.92. The lowest BCUT2D eigenvalue weighted by atomic mass is 9.92. The molecular weight excluding hydrogens is 404 g/mol. The molecule has 8 heteroatoms. The van der Waals surface area contributed by atoms with Gasteiger partial charge in [-0.2, -0.15) is 5.10 Å². The minimum absolute atomic E-state index is 0.0289. The van der Waals surface area contributed by atoms with Crippen molar-refractivity contribution in [3.8, 4) is 0 Å². The molecular formula is C24H34N6O2. The minimum Gasteiger partial charge on any atom is -0.327 e. The fourth-order valence-corrected chi connectivity index (χ4v) is 5.64. The van der Waals surface area contributed by atoms with Crippen molar-refractivity contribution in [2.75, 3.05) is 13.1 Å². The van der Waals surface area contributed by atoms with Crippen LogP contribution < -0.4 is 5.56 Å². The van der Waals surface area contributed by atoms with E-state index in [2.05, 4.69) is 15.0 Å². The molecule has 5 rings (SSSR count). The molecule has 172 valence electrons. The van der Waals surface area contributed by atoms with Crippen molar-refractivity contribution < 1.29 is 4.79 Å². The van der Waals surface area contributed by atoms with Crippen LogP contribution in [-0.2, 0) is 19.5 Å². The molecule has 2 aliphatic heterocycles. The Morgan fingerprint density at radius 2 is 1.94 bits per heavy atom. The van der Waals surface area contributed by atoms with Gasteiger partial charge in [0.2, 0.25) is 0 Å². The average molecular weight is 439 g/mol. The summed E-state index contributed by atoms with van der Waals surface area (Å²) >= 11 is 0. The summed E-state index contributed by atoms with van der Waals surface area (Å²) < 4.78 is 1.77. The van der Waals surface area contributed by atoms with E-state index in [1.165, 1.54) is 32.1 Å². The van der Waals surface area contributed by atoms with E-state index in [1.54, 1.807) is 10.7 Å². The van der Waals surface area contributed by atoms with Crippen LogP contribution in [0.15, 0.2) is 17.1 Å². The molecule has 2 aromatic heterocycles. The molecule has 1 N–H and O–H groups in total. The summed E-state index contributed by atoms with van der Waals surface area (Å²) in [6.07, 6.45) is 11.9. The van der Waals surface area contributed by atoms with Gasteiger partial charge in [0, 0.05) is 44.8 Å². The Morgan fingerprint density at radius 1 is 1.12 bits per heavy atom. The molecule has 1 saturated heterocycles. The first-order chi connectivity index (χ1) is 15.6. The summed E-state index contributed by atoms with van der Waals surface area (Å²) in [5.41, 5.74) is 2.17. The maximum atomic E-state index is 13.2. The highest BCUT2D eigenvalue weighted by atomic mass is 16.2. The van der Waals surface area contributed by atoms with Crippen molar-refractivity contribution in [2.45, 2.75) is 89.9 Å². The number of aryl methyl sites for hydroxylation is 1. The zero-order valence-corrected chi connectivity index (χ0v) is 19.1. The van der Waals surface area contributed by atoms with Gasteiger partial charge in [-0.15, -0.1) is 0 Å². The van der Waals surface area contributed by atoms with E-state index in [9.17, 15) is 9.59 Å². The van der Waals surface area contributed by atoms with Crippen molar-refractivity contribution in [2.24, 2.45) is 0 Å². The third-order valence-electron chi connectivity index (χ3n) is 7.47. The van der Waals surface area contributed by atoms with Gasteiger partial charge in [0.25, 0.3) is 11.5 Å². The van der Waals surface area contributed by atoms with E-state index < -0.39 is 0 Å². The summed E-state index contributed by atoms with van der Waals surface area (Å²) in [4.78, 5) is 38.7. The van der Waals surface area contributed by atoms with Crippen LogP contribution in [0.25, 0.3) is 0 Å². The first kappa shape index (κ1) is 21.4. The van der Waals surface area contributed by atoms with E-state index >= 15 is 0 Å². The lowest BCUT2D eigenvalue weighted by Gasteiger charge is -2.38. The lowest BCUT2D eigenvalue weighted by Crippen LogP contribution is -2.44. The standard InChI is InChI=1S/C24H34N6O2/c1-2-29-15-12-20(27-29)24(32)30-13-7-6-10-21(30)22-25-19-11-14-28(16-18(19)23(31)26-22)17-8-4-3-5-9-17/h12,15,17,21H,2-11,13-14,16H2,1H3,(H,25,26,31). The second kappa shape index (κ2) is 9.17. The Morgan fingerprint density at radius 3 is 2.72 bits per heavy atom. The van der Waals surface area contributed by atoms with Crippen LogP contribution in [0.5, 0.6) is 0 Å². The first-order valence-corrected chi connectivity index (χ1v) is 12.3. The molecule has 1 amide bonds. The number of rotatable bonds is 4. The number of hydrogen-bond donors (Lipinski definition) is 1. The average Bonchev–Trinajstić information content (AvgIpc) is 3.33. The van der Waals surface area contributed by atoms with Crippen LogP contribution in [0.1, 0.15) is 91.9 Å². The quantitative estimate of drug-likeness (QED) is 0.793. The number of carbonyl (C=O) groups is 1. The molecule has 32 heavy (non-hydrogen) atoms. The number of amides is 1. The van der Waals surface area contributed by atoms with E-state index in [4.69, 9.17) is 4.98 Å². The molecule has 0 aromatic carbocycles. The molecule has 0 spiro atoms. The molecule has 4 heterocycles. The van der Waals surface area contributed by atoms with Gasteiger partial charge >= 0.3 is 0 Å². The normalized spacial score (nSPS) is 22.7. The van der Waals surface area contributed by atoms with E-state index in [0.29, 0.717) is 30.6 Å². The Balaban J connectivity index is 1.38. The topological polar surface area (TPSA) is 87.1 Å². The Bertz CT molecular complexity index is 1020. The molecule has 0 bridgehead atoms. The minimum atomic E-state index is -0.197. The molecule has 2 fully saturated rings. The number of aromatic amines is 1. The zero-order chi connectivity index (χ0) is 22.1. The molecule has 1 saturated carbocycles. The van der Waals surface area contributed by atoms with Crippen molar-refractivity contribution >= 4 is 5.91 Å². The van der Waals surface area contributed by atoms with Crippen molar-refractivity contribution in [3.05, 3.63) is 45.4 Å². The number of nitrogens with zero attached hydrogens (tertiary/aromatic N) is 5. The summed E-state index contributed by atoms with van der Waals surface area (Å²) in [6, 6.07) is 2.18. The summed E-state index contributed by atoms with van der Waals surface area (Å²) in [5.74, 6) is 0.564. The second-order valence-electron chi connectivity index (χ2n) is 9.46. The van der Waals surface area contributed by atoms with Gasteiger partial charge in [-0.1, -0.05) is 19.3 Å². The SMILES string of the molecule is CCn1ccc(C(=O)N2CCCCC2c2nc3c(c(=O)[nH]2)CN(C2CCCCC2)CC3)n1. The Labute approximate surface area is 189 Å². The fourth-order valence-electron chi connectivity index (χ4n) is 5.64. The molecule has 2 aromatic rings. The van der Waals surface area contributed by atoms with Crippen molar-refractivity contribution in [3.63, 3.8) is 0 Å². The van der Waals surface area contributed by atoms with Gasteiger partial charge in [-0.3, -0.25) is 19.2 Å². The number of likely N-dealkylation sites (tertiary alicyclic amines) is 1. The van der Waals surface area contributed by atoms with Crippen LogP contribution in [0.4, 0.5) is 0 Å². The maximum absolute atomic E-state index is 13.2. The number of aromatic nitrogens is 4. The number of nitrogens with one attached hydrogen (secondary N) is 1. The summed E-state index contributed by atoms with van der Waals surface area (Å²) in [6.45, 7) is 5.06. The van der Waals surface area contributed by atoms with Crippen molar-refractivity contribution in [1.29, 1.82) is 0 Å². The Hall–Kier alpha value is -2.48. The summed E-state index contributed by atoms with van der Waals surface area (Å²) in [7, 11) is 0. The summed E-state index contributed by atoms with van der Waals surface area (Å²) in [5, 5.41) is 4.40. The number of H-pyrrole nitrogens is 1. The molecule has 3 aliphatic rings. The third kappa shape index (κ3) is 4.12. The third-order valence-corrected chi connectivity index (χ3v) is 7.47. The maximum Gasteiger partial charge on any atom is 0.274 e. The second-order valence-corrected chi connectivity index (χ2v) is 9.46. The molecule has 1 atom stereocenters. The van der Waals surface area contributed by atoms with Crippen LogP contribution in [-0.4, -0.2) is 54.6 Å². The zero-order valence-electron chi connectivity index (χ0n) is 19.1. The van der Waals surface area contributed by atoms with Gasteiger partial charge in [0.05, 0.1) is 17.3 Å². The smallest absolute Gasteiger partial charge is 0.274 e. The van der Waals surface area contributed by atoms with Crippen LogP contribution in [0, 0.1) is 0 Å². The Kier molecular flexibility index (Phi) is 6.13. The van der Waals surface area contributed by atoms with E-state index in [1.807, 2.05) is 18.0 Å². The molecule has 1 unspecified atom stereocenters. The van der Waals surface area contributed by atoms with Crippen LogP contribution in [0.3, 0.4) is 0 Å². The fraction of sp³-hybridized carbons (Fsp3) is 0.667. The molecule has 8 nitrogen and oxygen atoms in total. The largest absolute Gasteiger partial charge is 0.327 e. The van der Waals surface area contributed by atoms with Gasteiger partial charge in [-0.25, -0.2) is 4.98 Å². The van der Waals surface area contributed by atoms with Gasteiger partial charge in [0.15, 0.2) is 0 Å². The van der Waals surface area contributed by atoms with Gasteiger partial charge in [-0.05, 0) is 45.1 Å². The number of piperidine rings is 1. The first-order valence-electron chi connectivity index (χ1n) is 12.3. The highest BCUT2D eigenvalue weighted by Crippen LogP contribution is 2.31. The van der Waals surface area contributed by atoms with Crippen LogP contribution >= 0.6 is 0 Å². The number of hydrogen-bond acceptors (Lipinski definition) is 5. The van der Waals surface area contributed by atoms with Gasteiger partial charge in [0.1, 0.15) is 11.5 Å². The van der Waals surface area contributed by atoms with Crippen LogP contribution in [0.2, 0.25) is 0 Å². The lowest BCUT2D eigenvalue weighted by molar-refractivity contribution is 0.0591. The van der Waals surface area contributed by atoms with E-state index in [-0.39, 0.29) is 17.5 Å². The monoisotopic (exact) mass is 438 g/mol. The predicted octanol–water partition coefficient (Wildman–Crippen LogP) is 3.04. The number of fused-ring (bicyclic) bond motifs is 1. The molecule has 1 aliphatic carbocycles. The highest BCUT2D eigenvalue weighted by Gasteiger charge is 2.33. The van der Waals surface area contributed by atoms with Crippen molar-refractivity contribution in [1.82, 2.24) is 29.5 Å². The van der Waals surface area contributed by atoms with E-state index in [0.717, 1.165) is 50.0 Å². The molecule has 0 radical (unpaired) electrons. The predicted molar refractivity (Wildman–Crippen MR) is 121 cm³/mol. The number of carbonyl (C=O) groups excluding carboxylic acids is 1. The van der Waals surface area contributed by atoms with Gasteiger partial charge < -0.3 is 9.88 Å².